The van der Waals surface area contributed by atoms with Gasteiger partial charge in [0.05, 0.1) is 16.7 Å². The van der Waals surface area contributed by atoms with Crippen LogP contribution in [0, 0.1) is 5.82 Å². The standard InChI is InChI=1S/C20H14ClFN2O4S/c21-15-7-11-17(12-8-15)29(26,27)24-23-13-14-5-9-16(10-6-14)28-20(25)18-3-1-2-4-19(18)22/h1-13,24H/b23-13+. The monoisotopic (exact) mass is 432 g/mol. The summed E-state index contributed by atoms with van der Waals surface area (Å²) in [6, 6.07) is 17.2. The van der Waals surface area contributed by atoms with Crippen molar-refractivity contribution in [2.45, 2.75) is 4.90 Å². The molecule has 3 aromatic rings. The van der Waals surface area contributed by atoms with E-state index in [0.29, 0.717) is 10.6 Å². The molecule has 0 aliphatic carbocycles. The molecule has 0 aliphatic heterocycles. The summed E-state index contributed by atoms with van der Waals surface area (Å²) in [6.45, 7) is 0. The van der Waals surface area contributed by atoms with Crippen LogP contribution in [0.25, 0.3) is 0 Å². The molecule has 29 heavy (non-hydrogen) atoms. The number of hydrogen-bond donors (Lipinski definition) is 1. The Hall–Kier alpha value is -3.23. The average molecular weight is 433 g/mol. The van der Waals surface area contributed by atoms with E-state index in [1.165, 1.54) is 66.9 Å². The number of carbonyl (C=O) groups is 1. The molecule has 9 heteroatoms. The zero-order valence-corrected chi connectivity index (χ0v) is 16.3. The van der Waals surface area contributed by atoms with E-state index >= 15 is 0 Å². The fraction of sp³-hybridized carbons (Fsp3) is 0. The first-order chi connectivity index (χ1) is 13.8. The number of nitrogens with zero attached hydrogens (tertiary/aromatic N) is 1. The summed E-state index contributed by atoms with van der Waals surface area (Å²) in [6.07, 6.45) is 1.29. The number of hydrazone groups is 1. The average Bonchev–Trinajstić information content (AvgIpc) is 2.70. The van der Waals surface area contributed by atoms with E-state index in [-0.39, 0.29) is 16.2 Å². The molecule has 148 valence electrons. The number of ether oxygens (including phenoxy) is 1. The summed E-state index contributed by atoms with van der Waals surface area (Å²) in [4.78, 5) is 14.1. The minimum atomic E-state index is -3.82. The van der Waals surface area contributed by atoms with Gasteiger partial charge in [-0.15, -0.1) is 0 Å². The summed E-state index contributed by atoms with van der Waals surface area (Å²) in [5, 5.41) is 4.13. The molecule has 1 N–H and O–H groups in total. The van der Waals surface area contributed by atoms with E-state index in [2.05, 4.69) is 9.93 Å². The van der Waals surface area contributed by atoms with Crippen molar-refractivity contribution in [1.29, 1.82) is 0 Å². The summed E-state index contributed by atoms with van der Waals surface area (Å²) in [5.74, 6) is -1.29. The molecule has 0 saturated carbocycles. The van der Waals surface area contributed by atoms with Crippen molar-refractivity contribution in [2.24, 2.45) is 5.10 Å². The van der Waals surface area contributed by atoms with Gasteiger partial charge in [-0.3, -0.25) is 0 Å². The highest BCUT2D eigenvalue weighted by Gasteiger charge is 2.13. The SMILES string of the molecule is O=C(Oc1ccc(/C=N/NS(=O)(=O)c2ccc(Cl)cc2)cc1)c1ccccc1F. The Morgan fingerprint density at radius 1 is 1.00 bits per heavy atom. The van der Waals surface area contributed by atoms with Crippen molar-refractivity contribution in [2.75, 3.05) is 0 Å². The largest absolute Gasteiger partial charge is 0.423 e. The summed E-state index contributed by atoms with van der Waals surface area (Å²) >= 11 is 5.74. The Morgan fingerprint density at radius 2 is 1.66 bits per heavy atom. The highest BCUT2D eigenvalue weighted by atomic mass is 35.5. The molecular weight excluding hydrogens is 419 g/mol. The quantitative estimate of drug-likeness (QED) is 0.276. The third kappa shape index (κ3) is 5.40. The molecule has 0 saturated heterocycles. The molecule has 0 spiro atoms. The van der Waals surface area contributed by atoms with Gasteiger partial charge < -0.3 is 4.74 Å². The van der Waals surface area contributed by atoms with Crippen LogP contribution in [-0.4, -0.2) is 20.6 Å². The van der Waals surface area contributed by atoms with Crippen molar-refractivity contribution in [3.8, 4) is 5.75 Å². The van der Waals surface area contributed by atoms with Crippen molar-refractivity contribution in [1.82, 2.24) is 4.83 Å². The van der Waals surface area contributed by atoms with Crippen molar-refractivity contribution in [3.05, 3.63) is 94.8 Å². The Balaban J connectivity index is 1.62. The Kier molecular flexibility index (Phi) is 6.26. The number of halogens is 2. The molecule has 0 unspecified atom stereocenters. The zero-order chi connectivity index (χ0) is 20.9. The summed E-state index contributed by atoms with van der Waals surface area (Å²) in [7, 11) is -3.82. The van der Waals surface area contributed by atoms with Crippen LogP contribution in [0.15, 0.2) is 82.8 Å². The van der Waals surface area contributed by atoms with E-state index in [1.54, 1.807) is 12.1 Å². The molecule has 0 bridgehead atoms. The number of rotatable bonds is 6. The van der Waals surface area contributed by atoms with Crippen LogP contribution < -0.4 is 9.57 Å². The fourth-order valence-electron chi connectivity index (χ4n) is 2.25. The van der Waals surface area contributed by atoms with Crippen LogP contribution in [0.5, 0.6) is 5.75 Å². The van der Waals surface area contributed by atoms with Crippen molar-refractivity contribution in [3.63, 3.8) is 0 Å². The molecule has 0 aromatic heterocycles. The van der Waals surface area contributed by atoms with Crippen LogP contribution in [0.3, 0.4) is 0 Å². The fourth-order valence-corrected chi connectivity index (χ4v) is 3.16. The van der Waals surface area contributed by atoms with E-state index in [9.17, 15) is 17.6 Å². The second kappa shape index (κ2) is 8.85. The molecule has 3 rings (SSSR count). The van der Waals surface area contributed by atoms with Gasteiger partial charge in [0, 0.05) is 5.02 Å². The van der Waals surface area contributed by atoms with Crippen LogP contribution in [0.4, 0.5) is 4.39 Å². The number of nitrogens with one attached hydrogen (secondary N) is 1. The molecule has 6 nitrogen and oxygen atoms in total. The Labute approximate surface area is 171 Å². The first-order valence-corrected chi connectivity index (χ1v) is 10.1. The van der Waals surface area contributed by atoms with E-state index in [0.717, 1.165) is 0 Å². The molecule has 3 aromatic carbocycles. The zero-order valence-electron chi connectivity index (χ0n) is 14.7. The van der Waals surface area contributed by atoms with Gasteiger partial charge in [-0.05, 0) is 66.2 Å². The maximum atomic E-state index is 13.6. The summed E-state index contributed by atoms with van der Waals surface area (Å²) in [5.41, 5.74) is 0.379. The Morgan fingerprint density at radius 3 is 2.31 bits per heavy atom. The van der Waals surface area contributed by atoms with Gasteiger partial charge in [0.25, 0.3) is 10.0 Å². The molecule has 0 atom stereocenters. The first-order valence-electron chi connectivity index (χ1n) is 8.22. The van der Waals surface area contributed by atoms with Gasteiger partial charge in [0.2, 0.25) is 0 Å². The topological polar surface area (TPSA) is 84.8 Å². The maximum absolute atomic E-state index is 13.6. The Bertz CT molecular complexity index is 1150. The van der Waals surface area contributed by atoms with Crippen LogP contribution in [-0.2, 0) is 10.0 Å². The van der Waals surface area contributed by atoms with E-state index in [4.69, 9.17) is 16.3 Å². The molecule has 0 aliphatic rings. The molecule has 0 amide bonds. The second-order valence-corrected chi connectivity index (χ2v) is 7.84. The first kappa shape index (κ1) is 20.5. The highest BCUT2D eigenvalue weighted by molar-refractivity contribution is 7.89. The lowest BCUT2D eigenvalue weighted by molar-refractivity contribution is 0.0730. The van der Waals surface area contributed by atoms with Gasteiger partial charge in [-0.2, -0.15) is 13.5 Å². The van der Waals surface area contributed by atoms with Crippen LogP contribution in [0.1, 0.15) is 15.9 Å². The minimum Gasteiger partial charge on any atom is -0.423 e. The van der Waals surface area contributed by atoms with Gasteiger partial charge in [0.1, 0.15) is 11.6 Å². The molecule has 0 heterocycles. The summed E-state index contributed by atoms with van der Waals surface area (Å²) < 4.78 is 43.0. The van der Waals surface area contributed by atoms with Gasteiger partial charge in [-0.25, -0.2) is 14.0 Å². The molecule has 0 radical (unpaired) electrons. The second-order valence-electron chi connectivity index (χ2n) is 5.75. The lowest BCUT2D eigenvalue weighted by atomic mass is 10.2. The number of esters is 1. The van der Waals surface area contributed by atoms with Gasteiger partial charge in [-0.1, -0.05) is 23.7 Å². The maximum Gasteiger partial charge on any atom is 0.346 e. The van der Waals surface area contributed by atoms with Gasteiger partial charge in [0.15, 0.2) is 0 Å². The predicted octanol–water partition coefficient (Wildman–Crippen LogP) is 4.01. The van der Waals surface area contributed by atoms with Crippen LogP contribution >= 0.6 is 11.6 Å². The van der Waals surface area contributed by atoms with Crippen molar-refractivity contribution >= 4 is 33.8 Å². The smallest absolute Gasteiger partial charge is 0.346 e. The number of carbonyl (C=O) groups excluding carboxylic acids is 1. The number of hydrogen-bond acceptors (Lipinski definition) is 5. The lowest BCUT2D eigenvalue weighted by Gasteiger charge is -2.05. The van der Waals surface area contributed by atoms with E-state index < -0.39 is 21.8 Å². The molecule has 0 fully saturated rings. The number of sulfonamides is 1. The minimum absolute atomic E-state index is 0.0226. The molecular formula is C20H14ClFN2O4S. The van der Waals surface area contributed by atoms with Gasteiger partial charge >= 0.3 is 5.97 Å². The predicted molar refractivity (Wildman–Crippen MR) is 107 cm³/mol. The highest BCUT2D eigenvalue weighted by Crippen LogP contribution is 2.16. The third-order valence-electron chi connectivity index (χ3n) is 3.69. The van der Waals surface area contributed by atoms with Crippen molar-refractivity contribution < 1.29 is 22.3 Å². The van der Waals surface area contributed by atoms with E-state index in [1.807, 2.05) is 0 Å². The third-order valence-corrected chi connectivity index (χ3v) is 5.19. The van der Waals surface area contributed by atoms with Crippen LogP contribution in [0.2, 0.25) is 5.02 Å². The lowest BCUT2D eigenvalue weighted by Crippen LogP contribution is -2.18. The normalized spacial score (nSPS) is 11.4. The number of benzene rings is 3.